The van der Waals surface area contributed by atoms with Crippen LogP contribution in [0.25, 0.3) is 0 Å². The van der Waals surface area contributed by atoms with Gasteiger partial charge < -0.3 is 5.32 Å². The Morgan fingerprint density at radius 1 is 1.50 bits per heavy atom. The van der Waals surface area contributed by atoms with Crippen molar-refractivity contribution >= 4 is 11.8 Å². The first-order chi connectivity index (χ1) is 6.86. The lowest BCUT2D eigenvalue weighted by atomic mass is 10.0. The van der Waals surface area contributed by atoms with Crippen molar-refractivity contribution in [3.63, 3.8) is 0 Å². The fourth-order valence-corrected chi connectivity index (χ4v) is 2.62. The summed E-state index contributed by atoms with van der Waals surface area (Å²) in [7, 11) is 1.88. The molecule has 0 atom stereocenters. The summed E-state index contributed by atoms with van der Waals surface area (Å²) in [6.45, 7) is 2.31. The van der Waals surface area contributed by atoms with Crippen molar-refractivity contribution in [3.8, 4) is 0 Å². The Bertz CT molecular complexity index is 281. The van der Waals surface area contributed by atoms with E-state index in [1.165, 1.54) is 12.8 Å². The van der Waals surface area contributed by atoms with E-state index in [-0.39, 0.29) is 0 Å². The number of aryl methyl sites for hydroxylation is 1. The molecule has 78 valence electrons. The predicted octanol–water partition coefficient (Wildman–Crippen LogP) is 0.302. The molecule has 1 fully saturated rings. The number of thioether (sulfide) groups is 1. The summed E-state index contributed by atoms with van der Waals surface area (Å²) >= 11 is 1.76. The predicted molar refractivity (Wildman–Crippen MR) is 55.1 cm³/mol. The summed E-state index contributed by atoms with van der Waals surface area (Å²) in [5.41, 5.74) is 0. The highest BCUT2D eigenvalue weighted by Gasteiger charge is 2.14. The van der Waals surface area contributed by atoms with Gasteiger partial charge in [0, 0.05) is 12.8 Å². The van der Waals surface area contributed by atoms with Gasteiger partial charge in [0.25, 0.3) is 0 Å². The van der Waals surface area contributed by atoms with Gasteiger partial charge >= 0.3 is 0 Å². The van der Waals surface area contributed by atoms with Crippen molar-refractivity contribution < 1.29 is 0 Å². The molecule has 0 aliphatic carbocycles. The van der Waals surface area contributed by atoms with Crippen LogP contribution < -0.4 is 5.32 Å². The second kappa shape index (κ2) is 4.75. The number of tetrazole rings is 1. The van der Waals surface area contributed by atoms with Gasteiger partial charge in [-0.1, -0.05) is 11.8 Å². The summed E-state index contributed by atoms with van der Waals surface area (Å²) in [4.78, 5) is 0. The lowest BCUT2D eigenvalue weighted by molar-refractivity contribution is 0.407. The topological polar surface area (TPSA) is 55.6 Å². The Balaban J connectivity index is 1.79. The standard InChI is InChI=1S/C8H15N5S/c1-13-8(10-11-12-13)14-6-7-2-4-9-5-3-7/h7,9H,2-6H2,1H3. The number of nitrogens with one attached hydrogen (secondary N) is 1. The normalized spacial score (nSPS) is 18.6. The number of hydrogen-bond acceptors (Lipinski definition) is 5. The molecular formula is C8H15N5S. The van der Waals surface area contributed by atoms with Crippen LogP contribution in [0.1, 0.15) is 12.8 Å². The van der Waals surface area contributed by atoms with Gasteiger partial charge in [-0.05, 0) is 42.3 Å². The average Bonchev–Trinajstić information content (AvgIpc) is 2.63. The maximum Gasteiger partial charge on any atom is 0.209 e. The highest BCUT2D eigenvalue weighted by atomic mass is 32.2. The Morgan fingerprint density at radius 2 is 2.29 bits per heavy atom. The van der Waals surface area contributed by atoms with Crippen molar-refractivity contribution in [1.82, 2.24) is 25.5 Å². The molecule has 1 aliphatic rings. The van der Waals surface area contributed by atoms with Gasteiger partial charge in [0.05, 0.1) is 0 Å². The Labute approximate surface area is 87.6 Å². The van der Waals surface area contributed by atoms with Gasteiger partial charge in [0.1, 0.15) is 0 Å². The fourth-order valence-electron chi connectivity index (χ4n) is 1.58. The minimum atomic E-state index is 0.818. The molecule has 0 unspecified atom stereocenters. The summed E-state index contributed by atoms with van der Waals surface area (Å²) in [5, 5.41) is 15.7. The summed E-state index contributed by atoms with van der Waals surface area (Å²) in [6.07, 6.45) is 2.55. The van der Waals surface area contributed by atoms with E-state index in [0.717, 1.165) is 29.9 Å². The van der Waals surface area contributed by atoms with E-state index in [4.69, 9.17) is 0 Å². The van der Waals surface area contributed by atoms with Crippen molar-refractivity contribution in [2.75, 3.05) is 18.8 Å². The first-order valence-electron chi connectivity index (χ1n) is 4.92. The van der Waals surface area contributed by atoms with Crippen LogP contribution in [0.15, 0.2) is 5.16 Å². The molecule has 1 saturated heterocycles. The number of piperidine rings is 1. The number of hydrogen-bond donors (Lipinski definition) is 1. The second-order valence-corrected chi connectivity index (χ2v) is 4.58. The Kier molecular flexibility index (Phi) is 3.36. The molecule has 14 heavy (non-hydrogen) atoms. The maximum atomic E-state index is 3.95. The monoisotopic (exact) mass is 213 g/mol. The molecule has 2 heterocycles. The lowest BCUT2D eigenvalue weighted by Gasteiger charge is -2.21. The van der Waals surface area contributed by atoms with E-state index in [9.17, 15) is 0 Å². The molecule has 2 rings (SSSR count). The highest BCUT2D eigenvalue weighted by Crippen LogP contribution is 2.21. The number of nitrogens with zero attached hydrogens (tertiary/aromatic N) is 4. The maximum absolute atomic E-state index is 3.95. The fraction of sp³-hybridized carbons (Fsp3) is 0.875. The molecule has 0 spiro atoms. The molecule has 0 amide bonds. The number of aromatic nitrogens is 4. The van der Waals surface area contributed by atoms with Crippen LogP contribution in [0.3, 0.4) is 0 Å². The molecule has 0 aromatic carbocycles. The van der Waals surface area contributed by atoms with E-state index < -0.39 is 0 Å². The highest BCUT2D eigenvalue weighted by molar-refractivity contribution is 7.99. The summed E-state index contributed by atoms with van der Waals surface area (Å²) < 4.78 is 1.73. The van der Waals surface area contributed by atoms with E-state index in [0.29, 0.717) is 0 Å². The molecule has 0 radical (unpaired) electrons. The van der Waals surface area contributed by atoms with Gasteiger partial charge in [0.15, 0.2) is 0 Å². The third-order valence-corrected chi connectivity index (χ3v) is 3.73. The first-order valence-corrected chi connectivity index (χ1v) is 5.90. The lowest BCUT2D eigenvalue weighted by Crippen LogP contribution is -2.28. The van der Waals surface area contributed by atoms with E-state index >= 15 is 0 Å². The molecule has 1 aromatic rings. The van der Waals surface area contributed by atoms with Gasteiger partial charge in [-0.15, -0.1) is 5.10 Å². The van der Waals surface area contributed by atoms with Crippen molar-refractivity contribution in [2.45, 2.75) is 18.0 Å². The zero-order valence-corrected chi connectivity index (χ0v) is 9.13. The second-order valence-electron chi connectivity index (χ2n) is 3.59. The Morgan fingerprint density at radius 3 is 2.93 bits per heavy atom. The van der Waals surface area contributed by atoms with E-state index in [2.05, 4.69) is 20.8 Å². The van der Waals surface area contributed by atoms with E-state index in [1.54, 1.807) is 16.4 Å². The van der Waals surface area contributed by atoms with Crippen LogP contribution in [-0.4, -0.2) is 39.0 Å². The minimum Gasteiger partial charge on any atom is -0.317 e. The molecule has 1 N–H and O–H groups in total. The molecule has 0 bridgehead atoms. The van der Waals surface area contributed by atoms with Crippen molar-refractivity contribution in [1.29, 1.82) is 0 Å². The molecule has 0 saturated carbocycles. The third kappa shape index (κ3) is 2.45. The van der Waals surface area contributed by atoms with Crippen molar-refractivity contribution in [3.05, 3.63) is 0 Å². The van der Waals surface area contributed by atoms with Crippen LogP contribution >= 0.6 is 11.8 Å². The molecule has 5 nitrogen and oxygen atoms in total. The van der Waals surface area contributed by atoms with Gasteiger partial charge in [-0.3, -0.25) is 0 Å². The van der Waals surface area contributed by atoms with Crippen LogP contribution in [0.4, 0.5) is 0 Å². The summed E-state index contributed by atoms with van der Waals surface area (Å²) in [6, 6.07) is 0. The number of rotatable bonds is 3. The van der Waals surface area contributed by atoms with Crippen LogP contribution in [-0.2, 0) is 7.05 Å². The Hall–Kier alpha value is -0.620. The first kappa shape index (κ1) is 9.92. The molecular weight excluding hydrogens is 198 g/mol. The van der Waals surface area contributed by atoms with Gasteiger partial charge in [-0.2, -0.15) is 0 Å². The van der Waals surface area contributed by atoms with Gasteiger partial charge in [0.2, 0.25) is 5.16 Å². The van der Waals surface area contributed by atoms with Crippen LogP contribution in [0.5, 0.6) is 0 Å². The van der Waals surface area contributed by atoms with Gasteiger partial charge in [-0.25, -0.2) is 4.68 Å². The van der Waals surface area contributed by atoms with E-state index in [1.807, 2.05) is 7.05 Å². The largest absolute Gasteiger partial charge is 0.317 e. The SMILES string of the molecule is Cn1nnnc1SCC1CCNCC1. The molecule has 1 aliphatic heterocycles. The molecule has 6 heteroatoms. The quantitative estimate of drug-likeness (QED) is 0.732. The minimum absolute atomic E-state index is 0.818. The van der Waals surface area contributed by atoms with Crippen molar-refractivity contribution in [2.24, 2.45) is 13.0 Å². The van der Waals surface area contributed by atoms with Crippen LogP contribution in [0, 0.1) is 5.92 Å². The zero-order valence-electron chi connectivity index (χ0n) is 8.31. The molecule has 1 aromatic heterocycles. The summed E-state index contributed by atoms with van der Waals surface area (Å²) in [5.74, 6) is 1.95. The average molecular weight is 213 g/mol. The smallest absolute Gasteiger partial charge is 0.209 e. The third-order valence-electron chi connectivity index (χ3n) is 2.49. The zero-order chi connectivity index (χ0) is 9.80. The van der Waals surface area contributed by atoms with Crippen LogP contribution in [0.2, 0.25) is 0 Å².